The van der Waals surface area contributed by atoms with Gasteiger partial charge in [0.1, 0.15) is 6.61 Å². The zero-order valence-corrected chi connectivity index (χ0v) is 13.2. The van der Waals surface area contributed by atoms with E-state index in [1.54, 1.807) is 0 Å². The third kappa shape index (κ3) is 7.63. The number of unbranched alkanes of at least 4 members (excludes halogenated alkanes) is 2. The Kier molecular flexibility index (Phi) is 10.5. The summed E-state index contributed by atoms with van der Waals surface area (Å²) in [6.07, 6.45) is 2.07. The summed E-state index contributed by atoms with van der Waals surface area (Å²) < 4.78 is 10.3. The summed E-state index contributed by atoms with van der Waals surface area (Å²) in [6, 6.07) is 0. The number of ketones is 1. The van der Waals surface area contributed by atoms with Crippen molar-refractivity contribution in [1.29, 1.82) is 0 Å². The molecule has 8 heteroatoms. The molecule has 0 aromatic carbocycles. The molecule has 0 aliphatic heterocycles. The Balaban J connectivity index is 0.00000211. The van der Waals surface area contributed by atoms with Gasteiger partial charge in [0, 0.05) is 6.61 Å². The molecule has 0 spiro atoms. The summed E-state index contributed by atoms with van der Waals surface area (Å²) >= 11 is 0. The van der Waals surface area contributed by atoms with Crippen molar-refractivity contribution in [3.8, 4) is 11.6 Å². The number of H-pyrrole nitrogens is 2. The second kappa shape index (κ2) is 11.6. The number of aliphatic hydroxyl groups is 1. The van der Waals surface area contributed by atoms with Gasteiger partial charge in [0.25, 0.3) is 5.56 Å². The van der Waals surface area contributed by atoms with Gasteiger partial charge in [-0.2, -0.15) is 0 Å². The molecule has 0 amide bonds. The van der Waals surface area contributed by atoms with Crippen LogP contribution in [0.3, 0.4) is 0 Å². The lowest BCUT2D eigenvalue weighted by Gasteiger charge is -2.10. The van der Waals surface area contributed by atoms with Crippen molar-refractivity contribution in [2.75, 3.05) is 19.8 Å². The first-order valence-electron chi connectivity index (χ1n) is 7.27. The Morgan fingerprint density at radius 1 is 1.09 bits per heavy atom. The van der Waals surface area contributed by atoms with Crippen LogP contribution >= 0.6 is 0 Å². The van der Waals surface area contributed by atoms with Gasteiger partial charge in [-0.25, -0.2) is 4.79 Å². The quantitative estimate of drug-likeness (QED) is 0.573. The first-order valence-corrected chi connectivity index (χ1v) is 7.27. The molecular formula is C14H24N2O6. The molecule has 0 bridgehead atoms. The number of rotatable bonds is 9. The van der Waals surface area contributed by atoms with Crippen molar-refractivity contribution in [1.82, 2.24) is 9.97 Å². The number of carbonyl (C=O) groups excluding carboxylic acids is 1. The summed E-state index contributed by atoms with van der Waals surface area (Å²) in [5.74, 6) is -0.574. The van der Waals surface area contributed by atoms with Gasteiger partial charge in [0.05, 0.1) is 6.61 Å². The number of Topliss-reactive ketones (excluding diaryl/α,β-unsaturated/α-hetero) is 1. The number of nitrogens with one attached hydrogen (secondary N) is 2. The number of ether oxygens (including phenoxy) is 2. The zero-order chi connectivity index (χ0) is 17.0. The molecular weight excluding hydrogens is 292 g/mol. The summed E-state index contributed by atoms with van der Waals surface area (Å²) in [5.41, 5.74) is -1.46. The van der Waals surface area contributed by atoms with E-state index in [0.29, 0.717) is 12.8 Å². The van der Waals surface area contributed by atoms with Gasteiger partial charge in [-0.1, -0.05) is 13.8 Å². The molecule has 0 atom stereocenters. The molecule has 0 fully saturated rings. The van der Waals surface area contributed by atoms with Gasteiger partial charge in [-0.15, -0.1) is 0 Å². The molecule has 22 heavy (non-hydrogen) atoms. The van der Waals surface area contributed by atoms with Gasteiger partial charge in [0.15, 0.2) is 5.78 Å². The van der Waals surface area contributed by atoms with Gasteiger partial charge >= 0.3 is 5.69 Å². The Hall–Kier alpha value is -2.09. The molecule has 0 aliphatic carbocycles. The molecule has 3 N–H and O–H groups in total. The van der Waals surface area contributed by atoms with E-state index in [-0.39, 0.29) is 37.2 Å². The van der Waals surface area contributed by atoms with Crippen molar-refractivity contribution in [3.05, 3.63) is 20.8 Å². The number of hydrogen-bond donors (Lipinski definition) is 3. The summed E-state index contributed by atoms with van der Waals surface area (Å²) in [4.78, 5) is 37.9. The zero-order valence-electron chi connectivity index (χ0n) is 13.2. The topological polar surface area (TPSA) is 121 Å². The van der Waals surface area contributed by atoms with Crippen LogP contribution in [0.4, 0.5) is 0 Å². The number of carbonyl (C=O) groups is 1. The van der Waals surface area contributed by atoms with E-state index in [9.17, 15) is 14.4 Å². The minimum absolute atomic E-state index is 0.0935. The predicted molar refractivity (Wildman–Crippen MR) is 81.6 cm³/mol. The van der Waals surface area contributed by atoms with Gasteiger partial charge in [-0.05, 0) is 26.2 Å². The molecule has 1 heterocycles. The molecule has 1 rings (SSSR count). The SMILES string of the molecule is CC.CC(=O)COc1c(OCCCCCO)[nH]c(=O)[nH]c1=O. The predicted octanol–water partition coefficient (Wildman–Crippen LogP) is 0.599. The van der Waals surface area contributed by atoms with Crippen molar-refractivity contribution >= 4 is 5.78 Å². The number of aromatic nitrogens is 2. The van der Waals surface area contributed by atoms with E-state index in [2.05, 4.69) is 4.98 Å². The summed E-state index contributed by atoms with van der Waals surface area (Å²) in [6.45, 7) is 5.40. The van der Waals surface area contributed by atoms with E-state index >= 15 is 0 Å². The second-order valence-electron chi connectivity index (χ2n) is 4.19. The smallest absolute Gasteiger partial charge is 0.328 e. The Morgan fingerprint density at radius 2 is 1.77 bits per heavy atom. The van der Waals surface area contributed by atoms with E-state index < -0.39 is 11.2 Å². The van der Waals surface area contributed by atoms with Crippen LogP contribution in [0.2, 0.25) is 0 Å². The Morgan fingerprint density at radius 3 is 2.36 bits per heavy atom. The highest BCUT2D eigenvalue weighted by Crippen LogP contribution is 2.17. The number of aliphatic hydroxyl groups excluding tert-OH is 1. The molecule has 0 aliphatic rings. The fraction of sp³-hybridized carbons (Fsp3) is 0.643. The Labute approximate surface area is 128 Å². The van der Waals surface area contributed by atoms with Crippen molar-refractivity contribution in [2.24, 2.45) is 0 Å². The fourth-order valence-electron chi connectivity index (χ4n) is 1.43. The lowest BCUT2D eigenvalue weighted by atomic mass is 10.2. The standard InChI is InChI=1S/C12H18N2O6.C2H6/c1-8(16)7-20-9-10(17)13-12(18)14-11(9)19-6-4-2-3-5-15;1-2/h15H,2-7H2,1H3,(H2,13,14,17,18);1-2H3. The molecule has 0 radical (unpaired) electrons. The highest BCUT2D eigenvalue weighted by molar-refractivity contribution is 5.77. The average molecular weight is 316 g/mol. The maximum Gasteiger partial charge on any atom is 0.328 e. The number of aromatic amines is 2. The minimum Gasteiger partial charge on any atom is -0.476 e. The minimum atomic E-state index is -0.750. The largest absolute Gasteiger partial charge is 0.476 e. The van der Waals surface area contributed by atoms with Gasteiger partial charge in [-0.3, -0.25) is 19.6 Å². The van der Waals surface area contributed by atoms with Crippen molar-refractivity contribution in [3.63, 3.8) is 0 Å². The monoisotopic (exact) mass is 316 g/mol. The summed E-state index contributed by atoms with van der Waals surface area (Å²) in [7, 11) is 0. The molecule has 0 saturated carbocycles. The molecule has 8 nitrogen and oxygen atoms in total. The van der Waals surface area contributed by atoms with Crippen LogP contribution in [0.15, 0.2) is 9.59 Å². The van der Waals surface area contributed by atoms with E-state index in [1.165, 1.54) is 6.92 Å². The van der Waals surface area contributed by atoms with Crippen LogP contribution in [0.1, 0.15) is 40.0 Å². The maximum atomic E-state index is 11.6. The molecule has 1 aromatic rings. The lowest BCUT2D eigenvalue weighted by molar-refractivity contribution is -0.118. The van der Waals surface area contributed by atoms with Gasteiger partial charge < -0.3 is 14.6 Å². The van der Waals surface area contributed by atoms with Crippen molar-refractivity contribution < 1.29 is 19.4 Å². The van der Waals surface area contributed by atoms with E-state index in [4.69, 9.17) is 14.6 Å². The third-order valence-electron chi connectivity index (χ3n) is 2.34. The van der Waals surface area contributed by atoms with Crippen LogP contribution < -0.4 is 20.7 Å². The van der Waals surface area contributed by atoms with E-state index in [1.807, 2.05) is 18.8 Å². The molecule has 1 aromatic heterocycles. The molecule has 0 saturated heterocycles. The van der Waals surface area contributed by atoms with Gasteiger partial charge in [0.2, 0.25) is 11.6 Å². The third-order valence-corrected chi connectivity index (χ3v) is 2.34. The van der Waals surface area contributed by atoms with Crippen LogP contribution in [0, 0.1) is 0 Å². The van der Waals surface area contributed by atoms with Crippen LogP contribution in [-0.4, -0.2) is 40.7 Å². The highest BCUT2D eigenvalue weighted by atomic mass is 16.5. The fourth-order valence-corrected chi connectivity index (χ4v) is 1.43. The highest BCUT2D eigenvalue weighted by Gasteiger charge is 2.13. The maximum absolute atomic E-state index is 11.6. The van der Waals surface area contributed by atoms with Crippen molar-refractivity contribution in [2.45, 2.75) is 40.0 Å². The van der Waals surface area contributed by atoms with Crippen LogP contribution in [-0.2, 0) is 4.79 Å². The Bertz CT molecular complexity index is 549. The average Bonchev–Trinajstić information content (AvgIpc) is 2.47. The number of hydrogen-bond acceptors (Lipinski definition) is 6. The first kappa shape index (κ1) is 19.9. The molecule has 126 valence electrons. The van der Waals surface area contributed by atoms with E-state index in [0.717, 1.165) is 6.42 Å². The van der Waals surface area contributed by atoms with Crippen LogP contribution in [0.25, 0.3) is 0 Å². The normalized spacial score (nSPS) is 9.64. The van der Waals surface area contributed by atoms with Crippen LogP contribution in [0.5, 0.6) is 11.6 Å². The first-order chi connectivity index (χ1) is 10.5. The molecule has 0 unspecified atom stereocenters. The summed E-state index contributed by atoms with van der Waals surface area (Å²) in [5, 5.41) is 8.64. The lowest BCUT2D eigenvalue weighted by Crippen LogP contribution is -2.26. The second-order valence-corrected chi connectivity index (χ2v) is 4.19.